The number of carboxylic acids is 2. The van der Waals surface area contributed by atoms with Gasteiger partial charge in [0.05, 0.1) is 11.1 Å². The summed E-state index contributed by atoms with van der Waals surface area (Å²) in [7, 11) is 0. The average Bonchev–Trinajstić information content (AvgIpc) is 2.53. The number of anilines is 1. The maximum atomic E-state index is 11.7. The van der Waals surface area contributed by atoms with E-state index >= 15 is 0 Å². The van der Waals surface area contributed by atoms with E-state index in [1.807, 2.05) is 6.07 Å². The molecular weight excluding hydrogens is 302 g/mol. The molecule has 7 nitrogen and oxygen atoms in total. The lowest BCUT2D eigenvalue weighted by Crippen LogP contribution is -2.15. The first kappa shape index (κ1) is 16.0. The van der Waals surface area contributed by atoms with Crippen LogP contribution in [0, 0.1) is 0 Å². The van der Waals surface area contributed by atoms with Gasteiger partial charge in [0.25, 0.3) is 0 Å². The number of carbonyl (C=O) groups excluding carboxylic acids is 1. The molecule has 0 aliphatic carbocycles. The van der Waals surface area contributed by atoms with Crippen molar-refractivity contribution in [1.29, 1.82) is 0 Å². The Morgan fingerprint density at radius 3 is 2.00 bits per heavy atom. The Bertz CT molecular complexity index is 709. The molecule has 0 fully saturated rings. The number of carboxylic acid groups (broad SMARTS) is 2. The number of nitrogens with one attached hydrogen (secondary N) is 1. The van der Waals surface area contributed by atoms with Crippen LogP contribution in [0.15, 0.2) is 48.5 Å². The summed E-state index contributed by atoms with van der Waals surface area (Å²) in [5, 5.41) is 20.2. The van der Waals surface area contributed by atoms with Gasteiger partial charge >= 0.3 is 18.0 Å². The third-order valence-corrected chi connectivity index (χ3v) is 2.89. The number of hydrogen-bond donors (Lipinski definition) is 3. The van der Waals surface area contributed by atoms with Gasteiger partial charge in [-0.15, -0.1) is 0 Å². The number of aromatic carboxylic acids is 2. The van der Waals surface area contributed by atoms with Crippen LogP contribution in [0.2, 0.25) is 0 Å². The van der Waals surface area contributed by atoms with Crippen LogP contribution in [0.3, 0.4) is 0 Å². The summed E-state index contributed by atoms with van der Waals surface area (Å²) in [6, 6.07) is 12.3. The summed E-state index contributed by atoms with van der Waals surface area (Å²) >= 11 is 0. The quantitative estimate of drug-likeness (QED) is 0.782. The lowest BCUT2D eigenvalue weighted by Gasteiger charge is -2.09. The van der Waals surface area contributed by atoms with Gasteiger partial charge in [-0.1, -0.05) is 30.3 Å². The molecular formula is C16H13NO6. The van der Waals surface area contributed by atoms with Crippen LogP contribution in [0.4, 0.5) is 10.5 Å². The molecule has 0 radical (unpaired) electrons. The maximum absolute atomic E-state index is 11.7. The van der Waals surface area contributed by atoms with Crippen LogP contribution in [-0.4, -0.2) is 28.2 Å². The highest BCUT2D eigenvalue weighted by atomic mass is 16.5. The van der Waals surface area contributed by atoms with Crippen molar-refractivity contribution in [1.82, 2.24) is 0 Å². The predicted octanol–water partition coefficient (Wildman–Crippen LogP) is 2.83. The summed E-state index contributed by atoms with van der Waals surface area (Å²) < 4.78 is 4.99. The second kappa shape index (κ2) is 7.08. The van der Waals surface area contributed by atoms with E-state index in [2.05, 4.69) is 5.32 Å². The highest BCUT2D eigenvalue weighted by molar-refractivity contribution is 5.97. The van der Waals surface area contributed by atoms with E-state index in [9.17, 15) is 14.4 Å². The molecule has 0 saturated heterocycles. The Kier molecular flexibility index (Phi) is 4.93. The molecule has 0 spiro atoms. The zero-order valence-electron chi connectivity index (χ0n) is 11.9. The standard InChI is InChI=1S/C16H13NO6/c18-14(19)11-6-12(15(20)21)8-13(7-11)17-16(22)23-9-10-4-2-1-3-5-10/h1-8H,9H2,(H,17,22)(H,18,19)(H,20,21). The van der Waals surface area contributed by atoms with Crippen molar-refractivity contribution in [3.05, 3.63) is 65.2 Å². The van der Waals surface area contributed by atoms with E-state index in [1.54, 1.807) is 24.3 Å². The molecule has 2 aromatic rings. The highest BCUT2D eigenvalue weighted by Gasteiger charge is 2.13. The highest BCUT2D eigenvalue weighted by Crippen LogP contribution is 2.16. The molecule has 7 heteroatoms. The fourth-order valence-electron chi connectivity index (χ4n) is 1.82. The van der Waals surface area contributed by atoms with Gasteiger partial charge in [0.15, 0.2) is 0 Å². The van der Waals surface area contributed by atoms with E-state index in [4.69, 9.17) is 14.9 Å². The van der Waals surface area contributed by atoms with E-state index in [1.165, 1.54) is 0 Å². The molecule has 0 atom stereocenters. The topological polar surface area (TPSA) is 113 Å². The van der Waals surface area contributed by atoms with E-state index < -0.39 is 18.0 Å². The third kappa shape index (κ3) is 4.57. The molecule has 0 aliphatic heterocycles. The zero-order chi connectivity index (χ0) is 16.8. The van der Waals surface area contributed by atoms with Gasteiger partial charge in [0.2, 0.25) is 0 Å². The number of hydrogen-bond acceptors (Lipinski definition) is 4. The van der Waals surface area contributed by atoms with E-state index in [0.717, 1.165) is 23.8 Å². The Morgan fingerprint density at radius 1 is 0.913 bits per heavy atom. The molecule has 2 rings (SSSR count). The van der Waals surface area contributed by atoms with Crippen LogP contribution < -0.4 is 5.32 Å². The molecule has 0 saturated carbocycles. The predicted molar refractivity (Wildman–Crippen MR) is 80.6 cm³/mol. The minimum absolute atomic E-state index is 0.0281. The van der Waals surface area contributed by atoms with Crippen molar-refractivity contribution in [2.45, 2.75) is 6.61 Å². The molecule has 0 unspecified atom stereocenters. The lowest BCUT2D eigenvalue weighted by molar-refractivity contribution is 0.0696. The van der Waals surface area contributed by atoms with Crippen LogP contribution >= 0.6 is 0 Å². The molecule has 3 N–H and O–H groups in total. The largest absolute Gasteiger partial charge is 0.478 e. The molecule has 0 bridgehead atoms. The summed E-state index contributed by atoms with van der Waals surface area (Å²) in [5.74, 6) is -2.59. The van der Waals surface area contributed by atoms with Gasteiger partial charge in [0, 0.05) is 5.69 Å². The third-order valence-electron chi connectivity index (χ3n) is 2.89. The molecule has 0 aliphatic rings. The SMILES string of the molecule is O=C(Nc1cc(C(=O)O)cc(C(=O)O)c1)OCc1ccccc1. The Morgan fingerprint density at radius 2 is 1.48 bits per heavy atom. The normalized spacial score (nSPS) is 9.91. The van der Waals surface area contributed by atoms with Crippen molar-refractivity contribution in [3.8, 4) is 0 Å². The molecule has 1 amide bonds. The number of rotatable bonds is 5. The smallest absolute Gasteiger partial charge is 0.411 e. The minimum Gasteiger partial charge on any atom is -0.478 e. The van der Waals surface area contributed by atoms with Gasteiger partial charge in [-0.3, -0.25) is 5.32 Å². The lowest BCUT2D eigenvalue weighted by atomic mass is 10.1. The minimum atomic E-state index is -1.30. The van der Waals surface area contributed by atoms with E-state index in [-0.39, 0.29) is 23.4 Å². The first-order valence-electron chi connectivity index (χ1n) is 6.55. The summed E-state index contributed by atoms with van der Waals surface area (Å²) in [6.45, 7) is 0.0388. The fraction of sp³-hybridized carbons (Fsp3) is 0.0625. The van der Waals surface area contributed by atoms with Crippen molar-refractivity contribution in [2.75, 3.05) is 5.32 Å². The summed E-state index contributed by atoms with van der Waals surface area (Å²) in [4.78, 5) is 33.7. The van der Waals surface area contributed by atoms with Crippen LogP contribution in [-0.2, 0) is 11.3 Å². The van der Waals surface area contributed by atoms with Crippen molar-refractivity contribution >= 4 is 23.7 Å². The van der Waals surface area contributed by atoms with Gasteiger partial charge in [-0.25, -0.2) is 14.4 Å². The van der Waals surface area contributed by atoms with Crippen molar-refractivity contribution in [2.24, 2.45) is 0 Å². The number of ether oxygens (including phenoxy) is 1. The van der Waals surface area contributed by atoms with Crippen molar-refractivity contribution in [3.63, 3.8) is 0 Å². The van der Waals surface area contributed by atoms with Crippen molar-refractivity contribution < 1.29 is 29.3 Å². The molecule has 23 heavy (non-hydrogen) atoms. The Labute approximate surface area is 131 Å². The second-order valence-electron chi connectivity index (χ2n) is 4.60. The van der Waals surface area contributed by atoms with Crippen LogP contribution in [0.25, 0.3) is 0 Å². The van der Waals surface area contributed by atoms with Crippen LogP contribution in [0.1, 0.15) is 26.3 Å². The zero-order valence-corrected chi connectivity index (χ0v) is 11.9. The first-order valence-corrected chi connectivity index (χ1v) is 6.55. The van der Waals surface area contributed by atoms with E-state index in [0.29, 0.717) is 0 Å². The van der Waals surface area contributed by atoms with Gasteiger partial charge < -0.3 is 14.9 Å². The fourth-order valence-corrected chi connectivity index (χ4v) is 1.82. The molecule has 0 heterocycles. The van der Waals surface area contributed by atoms with Gasteiger partial charge in [0.1, 0.15) is 6.61 Å². The molecule has 0 aromatic heterocycles. The first-order chi connectivity index (χ1) is 11.0. The molecule has 2 aromatic carbocycles. The van der Waals surface area contributed by atoms with Crippen LogP contribution in [0.5, 0.6) is 0 Å². The Hall–Kier alpha value is -3.35. The monoisotopic (exact) mass is 315 g/mol. The number of carbonyl (C=O) groups is 3. The maximum Gasteiger partial charge on any atom is 0.411 e. The van der Waals surface area contributed by atoms with Gasteiger partial charge in [-0.2, -0.15) is 0 Å². The number of amides is 1. The second-order valence-corrected chi connectivity index (χ2v) is 4.60. The summed E-state index contributed by atoms with van der Waals surface area (Å²) in [5.41, 5.74) is 0.319. The number of benzene rings is 2. The van der Waals surface area contributed by atoms with Gasteiger partial charge in [-0.05, 0) is 23.8 Å². The summed E-state index contributed by atoms with van der Waals surface area (Å²) in [6.07, 6.45) is -0.812. The molecule has 118 valence electrons. The average molecular weight is 315 g/mol. The Balaban J connectivity index is 2.07.